The highest BCUT2D eigenvalue weighted by Crippen LogP contribution is 1.95. The number of aliphatic hydroxyl groups excluding tert-OH is 1. The van der Waals surface area contributed by atoms with Crippen LogP contribution in [0.4, 0.5) is 0 Å². The zero-order valence-corrected chi connectivity index (χ0v) is 6.04. The third kappa shape index (κ3) is 2.80. The zero-order valence-electron chi connectivity index (χ0n) is 6.04. The van der Waals surface area contributed by atoms with Crippen molar-refractivity contribution in [3.05, 3.63) is 0 Å². The van der Waals surface area contributed by atoms with Crippen LogP contribution in [0.5, 0.6) is 0 Å². The minimum Gasteiger partial charge on any atom is -0.466 e. The molecule has 10 heavy (non-hydrogen) atoms. The van der Waals surface area contributed by atoms with Gasteiger partial charge in [-0.2, -0.15) is 0 Å². The quantitative estimate of drug-likeness (QED) is 0.506. The Labute approximate surface area is 60.0 Å². The van der Waals surface area contributed by atoms with Crippen molar-refractivity contribution in [1.29, 1.82) is 0 Å². The number of hydrogen-bond acceptors (Lipinski definition) is 4. The van der Waals surface area contributed by atoms with Crippen LogP contribution in [0.15, 0.2) is 0 Å². The molecule has 0 saturated carbocycles. The lowest BCUT2D eigenvalue weighted by molar-refractivity contribution is -0.148. The Morgan fingerprint density at radius 2 is 2.40 bits per heavy atom. The van der Waals surface area contributed by atoms with Gasteiger partial charge < -0.3 is 15.6 Å². The van der Waals surface area contributed by atoms with E-state index >= 15 is 0 Å². The fraction of sp³-hybridized carbons (Fsp3) is 0.833. The highest BCUT2D eigenvalue weighted by atomic mass is 16.5. The summed E-state index contributed by atoms with van der Waals surface area (Å²) in [5.41, 5.74) is 5.15. The van der Waals surface area contributed by atoms with E-state index in [0.29, 0.717) is 6.61 Å². The molecule has 0 aliphatic heterocycles. The van der Waals surface area contributed by atoms with Crippen LogP contribution in [-0.4, -0.2) is 30.8 Å². The maximum absolute atomic E-state index is 10.7. The van der Waals surface area contributed by atoms with Crippen LogP contribution >= 0.6 is 0 Å². The predicted octanol–water partition coefficient (Wildman–Crippen LogP) is -0.883. The second kappa shape index (κ2) is 5.20. The molecular weight excluding hydrogens is 134 g/mol. The molecule has 0 amide bonds. The van der Waals surface area contributed by atoms with E-state index in [1.807, 2.05) is 0 Å². The molecule has 0 aromatic rings. The summed E-state index contributed by atoms with van der Waals surface area (Å²) in [6, 6.07) is 0. The minimum absolute atomic E-state index is 0.134. The largest absolute Gasteiger partial charge is 0.466 e. The van der Waals surface area contributed by atoms with Gasteiger partial charge >= 0.3 is 5.97 Å². The maximum atomic E-state index is 10.7. The summed E-state index contributed by atoms with van der Waals surface area (Å²) in [4.78, 5) is 10.7. The number of nitrogens with two attached hydrogens (primary N) is 1. The molecule has 0 radical (unpaired) electrons. The second-order valence-corrected chi connectivity index (χ2v) is 1.87. The molecule has 0 bridgehead atoms. The van der Waals surface area contributed by atoms with Crippen LogP contribution in [0, 0.1) is 5.92 Å². The first-order chi connectivity index (χ1) is 4.76. The number of carbonyl (C=O) groups is 1. The van der Waals surface area contributed by atoms with Gasteiger partial charge in [-0.25, -0.2) is 0 Å². The summed E-state index contributed by atoms with van der Waals surface area (Å²) in [5, 5.41) is 8.54. The molecule has 60 valence electrons. The van der Waals surface area contributed by atoms with Crippen molar-refractivity contribution < 1.29 is 14.6 Å². The molecule has 0 rings (SSSR count). The first-order valence-corrected chi connectivity index (χ1v) is 3.23. The van der Waals surface area contributed by atoms with Crippen LogP contribution in [0.1, 0.15) is 6.92 Å². The summed E-state index contributed by atoms with van der Waals surface area (Å²) >= 11 is 0. The Morgan fingerprint density at radius 1 is 1.80 bits per heavy atom. The molecule has 0 saturated heterocycles. The molecule has 0 aliphatic carbocycles. The van der Waals surface area contributed by atoms with Gasteiger partial charge in [-0.05, 0) is 6.92 Å². The van der Waals surface area contributed by atoms with Crippen molar-refractivity contribution >= 4 is 5.97 Å². The van der Waals surface area contributed by atoms with E-state index in [0.717, 1.165) is 0 Å². The molecular formula is C6H13NO3. The number of aliphatic hydroxyl groups is 1. The number of hydrogen-bond donors (Lipinski definition) is 2. The summed E-state index contributed by atoms with van der Waals surface area (Å²) < 4.78 is 4.61. The van der Waals surface area contributed by atoms with Crippen LogP contribution in [0.25, 0.3) is 0 Å². The molecule has 0 aromatic carbocycles. The topological polar surface area (TPSA) is 72.5 Å². The fourth-order valence-corrected chi connectivity index (χ4v) is 0.505. The summed E-state index contributed by atoms with van der Waals surface area (Å²) in [6.07, 6.45) is 0. The van der Waals surface area contributed by atoms with Crippen LogP contribution in [0.3, 0.4) is 0 Å². The summed E-state index contributed by atoms with van der Waals surface area (Å²) in [7, 11) is 0. The van der Waals surface area contributed by atoms with E-state index in [1.54, 1.807) is 6.92 Å². The third-order valence-electron chi connectivity index (χ3n) is 1.12. The Morgan fingerprint density at radius 3 is 2.70 bits per heavy atom. The SMILES string of the molecule is CCOC(=O)C(CN)CO. The van der Waals surface area contributed by atoms with Gasteiger partial charge in [0.15, 0.2) is 0 Å². The smallest absolute Gasteiger partial charge is 0.312 e. The van der Waals surface area contributed by atoms with Crippen molar-refractivity contribution in [3.63, 3.8) is 0 Å². The van der Waals surface area contributed by atoms with Gasteiger partial charge in [-0.3, -0.25) is 4.79 Å². The van der Waals surface area contributed by atoms with Gasteiger partial charge in [-0.1, -0.05) is 0 Å². The monoisotopic (exact) mass is 147 g/mol. The van der Waals surface area contributed by atoms with E-state index in [1.165, 1.54) is 0 Å². The van der Waals surface area contributed by atoms with Gasteiger partial charge in [0.25, 0.3) is 0 Å². The lowest BCUT2D eigenvalue weighted by Crippen LogP contribution is -2.28. The van der Waals surface area contributed by atoms with E-state index in [-0.39, 0.29) is 13.2 Å². The van der Waals surface area contributed by atoms with Crippen molar-refractivity contribution in [3.8, 4) is 0 Å². The average Bonchev–Trinajstić information content (AvgIpc) is 1.91. The van der Waals surface area contributed by atoms with Crippen molar-refractivity contribution in [2.45, 2.75) is 6.92 Å². The average molecular weight is 147 g/mol. The highest BCUT2D eigenvalue weighted by Gasteiger charge is 2.15. The van der Waals surface area contributed by atoms with Gasteiger partial charge in [-0.15, -0.1) is 0 Å². The Hall–Kier alpha value is -0.610. The molecule has 4 nitrogen and oxygen atoms in total. The van der Waals surface area contributed by atoms with Crippen molar-refractivity contribution in [2.75, 3.05) is 19.8 Å². The fourth-order valence-electron chi connectivity index (χ4n) is 0.505. The number of ether oxygens (including phenoxy) is 1. The third-order valence-corrected chi connectivity index (χ3v) is 1.12. The molecule has 4 heteroatoms. The summed E-state index contributed by atoms with van der Waals surface area (Å²) in [5.74, 6) is -0.979. The zero-order chi connectivity index (χ0) is 7.98. The normalized spacial score (nSPS) is 12.7. The number of esters is 1. The van der Waals surface area contributed by atoms with E-state index in [9.17, 15) is 4.79 Å². The van der Waals surface area contributed by atoms with Crippen molar-refractivity contribution in [2.24, 2.45) is 11.7 Å². The van der Waals surface area contributed by atoms with E-state index < -0.39 is 11.9 Å². The molecule has 0 fully saturated rings. The summed E-state index contributed by atoms with van der Waals surface area (Å²) in [6.45, 7) is 1.93. The van der Waals surface area contributed by atoms with Crippen molar-refractivity contribution in [1.82, 2.24) is 0 Å². The van der Waals surface area contributed by atoms with Gasteiger partial charge in [0.2, 0.25) is 0 Å². The second-order valence-electron chi connectivity index (χ2n) is 1.87. The Bertz CT molecular complexity index is 101. The first-order valence-electron chi connectivity index (χ1n) is 3.23. The molecule has 0 aliphatic rings. The maximum Gasteiger partial charge on any atom is 0.312 e. The van der Waals surface area contributed by atoms with Crippen LogP contribution in [0.2, 0.25) is 0 Å². The standard InChI is InChI=1S/C6H13NO3/c1-2-10-6(9)5(3-7)4-8/h5,8H,2-4,7H2,1H3. The molecule has 0 heterocycles. The molecule has 1 unspecified atom stereocenters. The Balaban J connectivity index is 3.65. The van der Waals surface area contributed by atoms with Crippen LogP contribution in [-0.2, 0) is 9.53 Å². The molecule has 1 atom stereocenters. The lowest BCUT2D eigenvalue weighted by atomic mass is 10.2. The molecule has 0 spiro atoms. The highest BCUT2D eigenvalue weighted by molar-refractivity contribution is 5.72. The number of carbonyl (C=O) groups excluding carboxylic acids is 1. The predicted molar refractivity (Wildman–Crippen MR) is 36.3 cm³/mol. The van der Waals surface area contributed by atoms with Gasteiger partial charge in [0.1, 0.15) is 0 Å². The van der Waals surface area contributed by atoms with E-state index in [4.69, 9.17) is 10.8 Å². The van der Waals surface area contributed by atoms with Gasteiger partial charge in [0, 0.05) is 6.54 Å². The van der Waals surface area contributed by atoms with E-state index in [2.05, 4.69) is 4.74 Å². The molecule has 0 aromatic heterocycles. The molecule has 3 N–H and O–H groups in total. The first kappa shape index (κ1) is 9.39. The Kier molecular flexibility index (Phi) is 4.88. The van der Waals surface area contributed by atoms with Gasteiger partial charge in [0.05, 0.1) is 19.1 Å². The lowest BCUT2D eigenvalue weighted by Gasteiger charge is -2.08. The van der Waals surface area contributed by atoms with Crippen LogP contribution < -0.4 is 5.73 Å². The number of rotatable bonds is 4. The minimum atomic E-state index is -0.556.